The molecular formula is C11H16F2N2. The molecule has 0 saturated carbocycles. The maximum absolute atomic E-state index is 12.9. The van der Waals surface area contributed by atoms with Gasteiger partial charge in [-0.25, -0.2) is 8.78 Å². The topological polar surface area (TPSA) is 29.3 Å². The first kappa shape index (κ1) is 11.9. The number of anilines is 1. The van der Waals surface area contributed by atoms with Gasteiger partial charge in [-0.3, -0.25) is 0 Å². The van der Waals surface area contributed by atoms with Crippen LogP contribution in [0.15, 0.2) is 24.3 Å². The van der Waals surface area contributed by atoms with Crippen LogP contribution in [0.3, 0.4) is 0 Å². The molecule has 1 aromatic rings. The van der Waals surface area contributed by atoms with Crippen molar-refractivity contribution in [3.05, 3.63) is 29.8 Å². The van der Waals surface area contributed by atoms with Crippen LogP contribution < -0.4 is 10.6 Å². The van der Waals surface area contributed by atoms with Crippen LogP contribution in [0.1, 0.15) is 12.5 Å². The van der Waals surface area contributed by atoms with Crippen LogP contribution in [0.2, 0.25) is 0 Å². The molecule has 15 heavy (non-hydrogen) atoms. The standard InChI is InChI=1S/C11H16F2N2/c1-11(12,13)9-3-5-10(6-4-9)15(2)8-7-14/h3-6H,7-8,14H2,1-2H3. The Morgan fingerprint density at radius 3 is 2.20 bits per heavy atom. The Bertz CT molecular complexity index is 303. The van der Waals surface area contributed by atoms with Crippen LogP contribution in [0.25, 0.3) is 0 Å². The minimum absolute atomic E-state index is 0.0346. The molecule has 0 fully saturated rings. The second kappa shape index (κ2) is 4.57. The Balaban J connectivity index is 2.81. The van der Waals surface area contributed by atoms with Crippen LogP contribution in [0.5, 0.6) is 0 Å². The van der Waals surface area contributed by atoms with Gasteiger partial charge in [-0.15, -0.1) is 0 Å². The third-order valence-corrected chi connectivity index (χ3v) is 2.28. The average Bonchev–Trinajstić information content (AvgIpc) is 2.17. The third-order valence-electron chi connectivity index (χ3n) is 2.28. The van der Waals surface area contributed by atoms with Gasteiger partial charge in [0.25, 0.3) is 5.92 Å². The summed E-state index contributed by atoms with van der Waals surface area (Å²) in [5.74, 6) is -2.77. The largest absolute Gasteiger partial charge is 0.373 e. The molecule has 0 unspecified atom stereocenters. The van der Waals surface area contributed by atoms with Crippen molar-refractivity contribution in [1.82, 2.24) is 0 Å². The van der Waals surface area contributed by atoms with Gasteiger partial charge in [0.2, 0.25) is 0 Å². The molecule has 0 saturated heterocycles. The maximum Gasteiger partial charge on any atom is 0.270 e. The van der Waals surface area contributed by atoms with Gasteiger partial charge in [0.05, 0.1) is 0 Å². The van der Waals surface area contributed by atoms with E-state index in [1.807, 2.05) is 11.9 Å². The molecule has 0 bridgehead atoms. The fourth-order valence-electron chi connectivity index (χ4n) is 1.33. The van der Waals surface area contributed by atoms with E-state index < -0.39 is 5.92 Å². The van der Waals surface area contributed by atoms with E-state index in [-0.39, 0.29) is 5.56 Å². The van der Waals surface area contributed by atoms with Gasteiger partial charge < -0.3 is 10.6 Å². The summed E-state index contributed by atoms with van der Waals surface area (Å²) < 4.78 is 25.8. The lowest BCUT2D eigenvalue weighted by molar-refractivity contribution is 0.0175. The van der Waals surface area contributed by atoms with E-state index >= 15 is 0 Å². The molecule has 1 aromatic carbocycles. The van der Waals surface area contributed by atoms with Gasteiger partial charge in [0.1, 0.15) is 0 Å². The van der Waals surface area contributed by atoms with Crippen LogP contribution in [-0.2, 0) is 5.92 Å². The summed E-state index contributed by atoms with van der Waals surface area (Å²) in [5.41, 5.74) is 6.34. The number of alkyl halides is 2. The second-order valence-electron chi connectivity index (χ2n) is 3.65. The number of nitrogens with two attached hydrogens (primary N) is 1. The van der Waals surface area contributed by atoms with E-state index in [9.17, 15) is 8.78 Å². The SMILES string of the molecule is CN(CCN)c1ccc(C(C)(F)F)cc1. The first-order valence-electron chi connectivity index (χ1n) is 4.84. The zero-order valence-corrected chi connectivity index (χ0v) is 9.00. The lowest BCUT2D eigenvalue weighted by Gasteiger charge is -2.19. The average molecular weight is 214 g/mol. The number of nitrogens with zero attached hydrogens (tertiary/aromatic N) is 1. The van der Waals surface area contributed by atoms with Gasteiger partial charge in [0.15, 0.2) is 0 Å². The molecule has 0 aromatic heterocycles. The highest BCUT2D eigenvalue weighted by Crippen LogP contribution is 2.28. The smallest absolute Gasteiger partial charge is 0.270 e. The summed E-state index contributed by atoms with van der Waals surface area (Å²) in [5, 5.41) is 0. The van der Waals surface area contributed by atoms with Gasteiger partial charge in [0, 0.05) is 38.3 Å². The molecule has 1 rings (SSSR count). The monoisotopic (exact) mass is 214 g/mol. The molecule has 0 atom stereocenters. The number of halogens is 2. The van der Waals surface area contributed by atoms with Crippen molar-refractivity contribution in [2.45, 2.75) is 12.8 Å². The lowest BCUT2D eigenvalue weighted by atomic mass is 10.1. The molecule has 0 aliphatic rings. The molecule has 0 spiro atoms. The minimum atomic E-state index is -2.77. The first-order valence-corrected chi connectivity index (χ1v) is 4.84. The van der Waals surface area contributed by atoms with E-state index in [2.05, 4.69) is 0 Å². The Kier molecular flexibility index (Phi) is 3.63. The van der Waals surface area contributed by atoms with Crippen LogP contribution in [0.4, 0.5) is 14.5 Å². The molecular weight excluding hydrogens is 198 g/mol. The van der Waals surface area contributed by atoms with Crippen LogP contribution in [-0.4, -0.2) is 20.1 Å². The summed E-state index contributed by atoms with van der Waals surface area (Å²) in [6, 6.07) is 6.26. The molecule has 2 nitrogen and oxygen atoms in total. The normalized spacial score (nSPS) is 11.5. The highest BCUT2D eigenvalue weighted by Gasteiger charge is 2.23. The number of likely N-dealkylation sites (N-methyl/N-ethyl adjacent to an activating group) is 1. The van der Waals surface area contributed by atoms with Gasteiger partial charge >= 0.3 is 0 Å². The predicted octanol–water partition coefficient (Wildman–Crippen LogP) is 2.19. The quantitative estimate of drug-likeness (QED) is 0.832. The van der Waals surface area contributed by atoms with Crippen molar-refractivity contribution in [3.8, 4) is 0 Å². The zero-order valence-electron chi connectivity index (χ0n) is 9.00. The molecule has 0 aliphatic heterocycles. The van der Waals surface area contributed by atoms with E-state index in [1.54, 1.807) is 12.1 Å². The summed E-state index contributed by atoms with van der Waals surface area (Å²) >= 11 is 0. The third kappa shape index (κ3) is 3.16. The van der Waals surface area contributed by atoms with Crippen molar-refractivity contribution in [2.75, 3.05) is 25.0 Å². The van der Waals surface area contributed by atoms with E-state index in [1.165, 1.54) is 12.1 Å². The Morgan fingerprint density at radius 1 is 1.27 bits per heavy atom. The Labute approximate surface area is 88.7 Å². The molecule has 4 heteroatoms. The fourth-order valence-corrected chi connectivity index (χ4v) is 1.33. The molecule has 0 amide bonds. The summed E-state index contributed by atoms with van der Waals surface area (Å²) in [6.45, 7) is 2.15. The van der Waals surface area contributed by atoms with E-state index in [4.69, 9.17) is 5.73 Å². The van der Waals surface area contributed by atoms with Gasteiger partial charge in [-0.1, -0.05) is 12.1 Å². The van der Waals surface area contributed by atoms with Gasteiger partial charge in [-0.05, 0) is 12.1 Å². The zero-order chi connectivity index (χ0) is 11.5. The molecule has 0 radical (unpaired) electrons. The van der Waals surface area contributed by atoms with Gasteiger partial charge in [-0.2, -0.15) is 0 Å². The van der Waals surface area contributed by atoms with Crippen molar-refractivity contribution < 1.29 is 8.78 Å². The number of hydrogen-bond acceptors (Lipinski definition) is 2. The van der Waals surface area contributed by atoms with Crippen LogP contribution >= 0.6 is 0 Å². The van der Waals surface area contributed by atoms with E-state index in [0.717, 1.165) is 12.6 Å². The minimum Gasteiger partial charge on any atom is -0.373 e. The number of hydrogen-bond donors (Lipinski definition) is 1. The Morgan fingerprint density at radius 2 is 1.80 bits per heavy atom. The number of rotatable bonds is 4. The predicted molar refractivity (Wildman–Crippen MR) is 58.3 cm³/mol. The second-order valence-corrected chi connectivity index (χ2v) is 3.65. The molecule has 0 aliphatic carbocycles. The molecule has 0 heterocycles. The van der Waals surface area contributed by atoms with Crippen molar-refractivity contribution in [1.29, 1.82) is 0 Å². The van der Waals surface area contributed by atoms with Crippen molar-refractivity contribution in [2.24, 2.45) is 5.73 Å². The highest BCUT2D eigenvalue weighted by atomic mass is 19.3. The van der Waals surface area contributed by atoms with Crippen molar-refractivity contribution in [3.63, 3.8) is 0 Å². The summed E-state index contributed by atoms with van der Waals surface area (Å²) in [4.78, 5) is 1.93. The lowest BCUT2D eigenvalue weighted by Crippen LogP contribution is -2.24. The Hall–Kier alpha value is -1.16. The summed E-state index contributed by atoms with van der Waals surface area (Å²) in [7, 11) is 1.88. The van der Waals surface area contributed by atoms with Crippen LogP contribution in [0, 0.1) is 0 Å². The fraction of sp³-hybridized carbons (Fsp3) is 0.455. The van der Waals surface area contributed by atoms with Crippen molar-refractivity contribution >= 4 is 5.69 Å². The summed E-state index contributed by atoms with van der Waals surface area (Å²) in [6.07, 6.45) is 0. The van der Waals surface area contributed by atoms with E-state index in [0.29, 0.717) is 13.1 Å². The molecule has 2 N–H and O–H groups in total. The number of benzene rings is 1. The maximum atomic E-state index is 12.9. The molecule has 84 valence electrons. The highest BCUT2D eigenvalue weighted by molar-refractivity contribution is 5.47. The first-order chi connectivity index (χ1) is 6.95.